The zero-order chi connectivity index (χ0) is 11.6. The van der Waals surface area contributed by atoms with Crippen LogP contribution in [-0.4, -0.2) is 22.4 Å². The second kappa shape index (κ2) is 3.80. The quantitative estimate of drug-likeness (QED) is 0.713. The van der Waals surface area contributed by atoms with Crippen LogP contribution in [0.25, 0.3) is 0 Å². The summed E-state index contributed by atoms with van der Waals surface area (Å²) < 4.78 is 37.3. The van der Waals surface area contributed by atoms with E-state index in [0.29, 0.717) is 0 Å². The average Bonchev–Trinajstić information content (AvgIpc) is 2.24. The summed E-state index contributed by atoms with van der Waals surface area (Å²) in [7, 11) is 0. The summed E-state index contributed by atoms with van der Waals surface area (Å²) in [5, 5.41) is 17.6. The van der Waals surface area contributed by atoms with Gasteiger partial charge in [-0.3, -0.25) is 0 Å². The zero-order valence-corrected chi connectivity index (χ0v) is 7.38. The third kappa shape index (κ3) is 2.39. The summed E-state index contributed by atoms with van der Waals surface area (Å²) in [4.78, 5) is 10.6. The normalized spacial score (nSPS) is 17.4. The summed E-state index contributed by atoms with van der Waals surface area (Å²) >= 11 is 0. The lowest BCUT2D eigenvalue weighted by molar-refractivity contribution is -0.134. The predicted molar refractivity (Wildman–Crippen MR) is 45.2 cm³/mol. The van der Waals surface area contributed by atoms with Crippen LogP contribution in [0.2, 0.25) is 0 Å². The lowest BCUT2D eigenvalue weighted by Crippen LogP contribution is -2.20. The molecule has 0 aromatic heterocycles. The predicted octanol–water partition coefficient (Wildman–Crippen LogP) is 2.33. The Balaban J connectivity index is 3.34. The van der Waals surface area contributed by atoms with Crippen LogP contribution < -0.4 is 0 Å². The topological polar surface area (TPSA) is 57.5 Å². The van der Waals surface area contributed by atoms with E-state index in [4.69, 9.17) is 10.2 Å². The molecule has 0 bridgehead atoms. The zero-order valence-electron chi connectivity index (χ0n) is 7.38. The maximum absolute atomic E-state index is 12.4. The number of carboxylic acid groups (broad SMARTS) is 1. The number of rotatable bonds is 1. The van der Waals surface area contributed by atoms with E-state index in [2.05, 4.69) is 0 Å². The molecule has 0 aromatic carbocycles. The number of allylic oxidation sites excluding steroid dienone is 3. The monoisotopic (exact) mass is 220 g/mol. The molecule has 1 rings (SSSR count). The van der Waals surface area contributed by atoms with Gasteiger partial charge in [0.25, 0.3) is 0 Å². The molecule has 82 valence electrons. The Hall–Kier alpha value is -1.72. The van der Waals surface area contributed by atoms with E-state index in [1.165, 1.54) is 6.08 Å². The van der Waals surface area contributed by atoms with Crippen molar-refractivity contribution in [1.82, 2.24) is 0 Å². The minimum Gasteiger partial charge on any atom is -0.507 e. The van der Waals surface area contributed by atoms with E-state index in [-0.39, 0.29) is 6.42 Å². The minimum absolute atomic E-state index is 0.0330. The fourth-order valence-corrected chi connectivity index (χ4v) is 1.18. The lowest BCUT2D eigenvalue weighted by atomic mass is 10.0. The molecule has 0 fully saturated rings. The molecule has 0 aromatic rings. The summed E-state index contributed by atoms with van der Waals surface area (Å²) in [5.74, 6) is -2.79. The van der Waals surface area contributed by atoms with Crippen LogP contribution in [0.5, 0.6) is 0 Å². The molecule has 0 atom stereocenters. The van der Waals surface area contributed by atoms with Gasteiger partial charge in [0.2, 0.25) is 0 Å². The van der Waals surface area contributed by atoms with Gasteiger partial charge in [-0.1, -0.05) is 12.2 Å². The van der Waals surface area contributed by atoms with Crippen LogP contribution in [0.3, 0.4) is 0 Å². The molecule has 0 aliphatic heterocycles. The van der Waals surface area contributed by atoms with E-state index >= 15 is 0 Å². The Morgan fingerprint density at radius 2 is 2.00 bits per heavy atom. The van der Waals surface area contributed by atoms with Crippen LogP contribution >= 0.6 is 0 Å². The Morgan fingerprint density at radius 3 is 2.47 bits per heavy atom. The largest absolute Gasteiger partial charge is 0.507 e. The van der Waals surface area contributed by atoms with E-state index in [1.54, 1.807) is 0 Å². The second-order valence-electron chi connectivity index (χ2n) is 2.82. The molecule has 0 unspecified atom stereocenters. The molecule has 0 saturated carbocycles. The number of hydrogen-bond acceptors (Lipinski definition) is 2. The number of hydrogen-bond donors (Lipinski definition) is 2. The Labute approximate surface area is 82.8 Å². The molecule has 0 spiro atoms. The van der Waals surface area contributed by atoms with E-state index < -0.39 is 29.1 Å². The number of halogens is 3. The van der Waals surface area contributed by atoms with Crippen molar-refractivity contribution in [3.8, 4) is 0 Å². The average molecular weight is 220 g/mol. The highest BCUT2D eigenvalue weighted by Crippen LogP contribution is 2.35. The number of alkyl halides is 3. The molecule has 2 N–H and O–H groups in total. The van der Waals surface area contributed by atoms with Crippen LogP contribution in [0, 0.1) is 0 Å². The smallest absolute Gasteiger partial charge is 0.420 e. The third-order valence-corrected chi connectivity index (χ3v) is 1.77. The first-order valence-corrected chi connectivity index (χ1v) is 3.95. The summed E-state index contributed by atoms with van der Waals surface area (Å²) in [5.41, 5.74) is -2.44. The molecular formula is C9H7F3O3. The number of carbonyl (C=O) groups is 1. The first kappa shape index (κ1) is 11.4. The molecular weight excluding hydrogens is 213 g/mol. The summed E-state index contributed by atoms with van der Waals surface area (Å²) in [6.45, 7) is 0. The fourth-order valence-electron chi connectivity index (χ4n) is 1.18. The van der Waals surface area contributed by atoms with Gasteiger partial charge in [0.15, 0.2) is 0 Å². The lowest BCUT2D eigenvalue weighted by Gasteiger charge is -2.12. The van der Waals surface area contributed by atoms with Gasteiger partial charge < -0.3 is 10.2 Å². The van der Waals surface area contributed by atoms with Gasteiger partial charge in [0, 0.05) is 0 Å². The van der Waals surface area contributed by atoms with Crippen LogP contribution in [0.1, 0.15) is 6.42 Å². The minimum atomic E-state index is -4.89. The molecule has 1 aliphatic rings. The van der Waals surface area contributed by atoms with Crippen molar-refractivity contribution in [2.45, 2.75) is 12.6 Å². The molecule has 0 amide bonds. The van der Waals surface area contributed by atoms with Gasteiger partial charge in [0.1, 0.15) is 11.3 Å². The van der Waals surface area contributed by atoms with Crippen molar-refractivity contribution >= 4 is 5.97 Å². The Kier molecular flexibility index (Phi) is 2.88. The summed E-state index contributed by atoms with van der Waals surface area (Å²) in [6, 6.07) is 0. The van der Waals surface area contributed by atoms with Crippen molar-refractivity contribution in [3.05, 3.63) is 35.1 Å². The Bertz CT molecular complexity index is 375. The molecule has 1 aliphatic carbocycles. The van der Waals surface area contributed by atoms with Crippen molar-refractivity contribution < 1.29 is 28.2 Å². The molecule has 0 saturated heterocycles. The number of aliphatic hydroxyl groups excluding tert-OH is 1. The van der Waals surface area contributed by atoms with Gasteiger partial charge in [-0.15, -0.1) is 0 Å². The van der Waals surface area contributed by atoms with Gasteiger partial charge in [-0.05, 0) is 12.5 Å². The van der Waals surface area contributed by atoms with Crippen molar-refractivity contribution in [2.75, 3.05) is 0 Å². The maximum Gasteiger partial charge on any atom is 0.420 e. The van der Waals surface area contributed by atoms with E-state index in [1.807, 2.05) is 0 Å². The number of aliphatic carboxylic acids is 1. The molecule has 0 radical (unpaired) electrons. The van der Waals surface area contributed by atoms with Gasteiger partial charge in [0.05, 0.1) is 5.57 Å². The van der Waals surface area contributed by atoms with E-state index in [9.17, 15) is 18.0 Å². The van der Waals surface area contributed by atoms with Crippen molar-refractivity contribution in [2.24, 2.45) is 0 Å². The standard InChI is InChI=1S/C9H7F3O3/c10-9(11,12)7-5(8(14)15)3-1-2-4-6(7)13/h2-4,13H,1H2,(H,14,15). The van der Waals surface area contributed by atoms with Gasteiger partial charge >= 0.3 is 12.1 Å². The van der Waals surface area contributed by atoms with Crippen molar-refractivity contribution in [1.29, 1.82) is 0 Å². The molecule has 0 heterocycles. The first-order valence-electron chi connectivity index (χ1n) is 3.95. The Morgan fingerprint density at radius 1 is 1.40 bits per heavy atom. The highest BCUT2D eigenvalue weighted by Gasteiger charge is 2.41. The van der Waals surface area contributed by atoms with Crippen LogP contribution in [-0.2, 0) is 4.79 Å². The van der Waals surface area contributed by atoms with Crippen molar-refractivity contribution in [3.63, 3.8) is 0 Å². The maximum atomic E-state index is 12.4. The highest BCUT2D eigenvalue weighted by molar-refractivity contribution is 5.92. The van der Waals surface area contributed by atoms with Crippen LogP contribution in [0.15, 0.2) is 35.1 Å². The van der Waals surface area contributed by atoms with Gasteiger partial charge in [-0.25, -0.2) is 4.79 Å². The summed E-state index contributed by atoms with van der Waals surface area (Å²) in [6.07, 6.45) is -1.86. The van der Waals surface area contributed by atoms with Gasteiger partial charge in [-0.2, -0.15) is 13.2 Å². The van der Waals surface area contributed by atoms with E-state index in [0.717, 1.165) is 12.2 Å². The molecule has 6 heteroatoms. The highest BCUT2D eigenvalue weighted by atomic mass is 19.4. The third-order valence-electron chi connectivity index (χ3n) is 1.77. The second-order valence-corrected chi connectivity index (χ2v) is 2.82. The van der Waals surface area contributed by atoms with Crippen LogP contribution in [0.4, 0.5) is 13.2 Å². The molecule has 15 heavy (non-hydrogen) atoms. The number of carboxylic acids is 1. The first-order chi connectivity index (χ1) is 6.84. The fraction of sp³-hybridized carbons (Fsp3) is 0.222. The molecule has 3 nitrogen and oxygen atoms in total. The number of aliphatic hydroxyl groups is 1. The SMILES string of the molecule is O=C(O)C1=CCC=CC(O)=C1C(F)(F)F.